The molecule has 2 aromatic rings. The Balaban J connectivity index is 2.36. The van der Waals surface area contributed by atoms with Crippen molar-refractivity contribution in [3.63, 3.8) is 0 Å². The molecule has 0 bridgehead atoms. The van der Waals surface area contributed by atoms with Gasteiger partial charge in [-0.2, -0.15) is 0 Å². The molecule has 11 heteroatoms. The van der Waals surface area contributed by atoms with Gasteiger partial charge in [-0.3, -0.25) is 4.79 Å². The summed E-state index contributed by atoms with van der Waals surface area (Å²) in [5, 5.41) is 5.11. The average molecular weight is 442 g/mol. The molecule has 0 aliphatic rings. The van der Waals surface area contributed by atoms with E-state index in [-0.39, 0.29) is 22.2 Å². The third-order valence-corrected chi connectivity index (χ3v) is 6.03. The maximum Gasteiger partial charge on any atom is 0.266 e. The quantitative estimate of drug-likeness (QED) is 0.690. The first-order valence-electron chi connectivity index (χ1n) is 7.78. The SMILES string of the molecule is CC(C)C#Cc1ncc(C(=O)NS(=O)(=O)c2ccccc2S(N)(=O)=O)cc1Cl. The highest BCUT2D eigenvalue weighted by Crippen LogP contribution is 2.20. The highest BCUT2D eigenvalue weighted by Gasteiger charge is 2.26. The number of amides is 1. The van der Waals surface area contributed by atoms with Crippen LogP contribution in [0.25, 0.3) is 0 Å². The maximum absolute atomic E-state index is 12.5. The summed E-state index contributed by atoms with van der Waals surface area (Å²) in [5.74, 6) is 4.67. The zero-order valence-electron chi connectivity index (χ0n) is 14.8. The fraction of sp³-hybridized carbons (Fsp3) is 0.176. The minimum Gasteiger partial charge on any atom is -0.268 e. The molecule has 0 spiro atoms. The molecule has 0 atom stereocenters. The molecule has 8 nitrogen and oxygen atoms in total. The van der Waals surface area contributed by atoms with Gasteiger partial charge in [-0.25, -0.2) is 31.7 Å². The first kappa shape index (κ1) is 21.8. The first-order valence-corrected chi connectivity index (χ1v) is 11.2. The van der Waals surface area contributed by atoms with Gasteiger partial charge in [0.25, 0.3) is 15.9 Å². The van der Waals surface area contributed by atoms with E-state index in [4.69, 9.17) is 16.7 Å². The van der Waals surface area contributed by atoms with Crippen LogP contribution in [0.3, 0.4) is 0 Å². The van der Waals surface area contributed by atoms with Crippen LogP contribution in [-0.4, -0.2) is 27.7 Å². The number of carbonyl (C=O) groups excluding carboxylic acids is 1. The van der Waals surface area contributed by atoms with E-state index in [0.29, 0.717) is 0 Å². The Hall–Kier alpha value is -2.45. The monoisotopic (exact) mass is 441 g/mol. The van der Waals surface area contributed by atoms with Crippen molar-refractivity contribution >= 4 is 37.6 Å². The molecule has 2 rings (SSSR count). The number of hydrogen-bond acceptors (Lipinski definition) is 6. The molecule has 0 fully saturated rings. The predicted octanol–water partition coefficient (Wildman–Crippen LogP) is 1.51. The zero-order chi connectivity index (χ0) is 21.1. The molecule has 28 heavy (non-hydrogen) atoms. The van der Waals surface area contributed by atoms with Crippen LogP contribution >= 0.6 is 11.6 Å². The molecular weight excluding hydrogens is 426 g/mol. The van der Waals surface area contributed by atoms with Crippen molar-refractivity contribution in [1.82, 2.24) is 9.71 Å². The lowest BCUT2D eigenvalue weighted by Crippen LogP contribution is -2.32. The molecular formula is C17H16ClN3O5S2. The Morgan fingerprint density at radius 1 is 1.18 bits per heavy atom. The molecule has 1 heterocycles. The summed E-state index contributed by atoms with van der Waals surface area (Å²) in [5.41, 5.74) is 0.103. The summed E-state index contributed by atoms with van der Waals surface area (Å²) in [7, 11) is -8.85. The lowest BCUT2D eigenvalue weighted by molar-refractivity contribution is 0.0981. The standard InChI is InChI=1S/C17H16ClN3O5S2/c1-11(2)7-8-14-13(18)9-12(10-20-14)17(22)21-28(25,26)16-6-4-3-5-15(16)27(19,23)24/h3-6,9-11H,1-2H3,(H,21,22)(H2,19,23,24). The van der Waals surface area contributed by atoms with Gasteiger partial charge in [-0.15, -0.1) is 0 Å². The Bertz CT molecular complexity index is 1200. The molecule has 0 saturated carbocycles. The minimum absolute atomic E-state index is 0.0723. The number of sulfonamides is 2. The number of halogens is 1. The van der Waals surface area contributed by atoms with Gasteiger partial charge in [0.05, 0.1) is 10.6 Å². The molecule has 1 amide bonds. The van der Waals surface area contributed by atoms with Crippen LogP contribution in [0, 0.1) is 17.8 Å². The maximum atomic E-state index is 12.5. The number of aromatic nitrogens is 1. The second-order valence-electron chi connectivity index (χ2n) is 5.90. The topological polar surface area (TPSA) is 136 Å². The van der Waals surface area contributed by atoms with Crippen LogP contribution in [0.15, 0.2) is 46.3 Å². The normalized spacial score (nSPS) is 11.6. The number of benzene rings is 1. The number of nitrogens with one attached hydrogen (secondary N) is 1. The van der Waals surface area contributed by atoms with Gasteiger partial charge in [-0.05, 0) is 24.1 Å². The van der Waals surface area contributed by atoms with Crippen LogP contribution in [0.4, 0.5) is 0 Å². The summed E-state index contributed by atoms with van der Waals surface area (Å²) < 4.78 is 50.0. The van der Waals surface area contributed by atoms with E-state index in [1.165, 1.54) is 18.2 Å². The van der Waals surface area contributed by atoms with Crippen molar-refractivity contribution in [2.24, 2.45) is 11.1 Å². The molecule has 0 saturated heterocycles. The van der Waals surface area contributed by atoms with Gasteiger partial charge < -0.3 is 0 Å². The van der Waals surface area contributed by atoms with E-state index >= 15 is 0 Å². The number of rotatable bonds is 4. The van der Waals surface area contributed by atoms with Crippen LogP contribution in [0.5, 0.6) is 0 Å². The third kappa shape index (κ3) is 5.30. The van der Waals surface area contributed by atoms with E-state index < -0.39 is 35.7 Å². The van der Waals surface area contributed by atoms with Gasteiger partial charge in [0, 0.05) is 12.1 Å². The van der Waals surface area contributed by atoms with Crippen molar-refractivity contribution < 1.29 is 21.6 Å². The lowest BCUT2D eigenvalue weighted by Gasteiger charge is -2.10. The highest BCUT2D eigenvalue weighted by molar-refractivity contribution is 7.92. The first-order chi connectivity index (χ1) is 12.9. The molecule has 3 N–H and O–H groups in total. The van der Waals surface area contributed by atoms with Crippen LogP contribution in [-0.2, 0) is 20.0 Å². The van der Waals surface area contributed by atoms with E-state index in [1.54, 1.807) is 4.72 Å². The predicted molar refractivity (Wildman–Crippen MR) is 103 cm³/mol. The number of pyridine rings is 1. The van der Waals surface area contributed by atoms with Crippen molar-refractivity contribution in [1.29, 1.82) is 0 Å². The molecule has 0 radical (unpaired) electrons. The largest absolute Gasteiger partial charge is 0.268 e. The molecule has 0 aliphatic heterocycles. The minimum atomic E-state index is -4.52. The molecule has 1 aromatic carbocycles. The number of nitrogens with two attached hydrogens (primary N) is 1. The summed E-state index contributed by atoms with van der Waals surface area (Å²) in [6, 6.07) is 5.87. The van der Waals surface area contributed by atoms with E-state index in [1.807, 2.05) is 13.8 Å². The van der Waals surface area contributed by atoms with Crippen LogP contribution in [0.1, 0.15) is 29.9 Å². The second-order valence-corrected chi connectivity index (χ2v) is 9.49. The van der Waals surface area contributed by atoms with Crippen molar-refractivity contribution in [2.45, 2.75) is 23.6 Å². The molecule has 1 aromatic heterocycles. The number of carbonyl (C=O) groups is 1. The van der Waals surface area contributed by atoms with E-state index in [9.17, 15) is 21.6 Å². The van der Waals surface area contributed by atoms with Gasteiger partial charge in [0.15, 0.2) is 0 Å². The summed E-state index contributed by atoms with van der Waals surface area (Å²) in [6.45, 7) is 3.76. The summed E-state index contributed by atoms with van der Waals surface area (Å²) in [4.78, 5) is 15.0. The second kappa shape index (κ2) is 8.28. The Morgan fingerprint density at radius 2 is 1.79 bits per heavy atom. The van der Waals surface area contributed by atoms with Gasteiger partial charge in [0.2, 0.25) is 10.0 Å². The zero-order valence-corrected chi connectivity index (χ0v) is 17.2. The highest BCUT2D eigenvalue weighted by atomic mass is 35.5. The molecule has 0 aliphatic carbocycles. The average Bonchev–Trinajstić information content (AvgIpc) is 2.59. The number of hydrogen-bond donors (Lipinski definition) is 2. The fourth-order valence-electron chi connectivity index (χ4n) is 2.01. The smallest absolute Gasteiger partial charge is 0.266 e. The molecule has 0 unspecified atom stereocenters. The summed E-state index contributed by atoms with van der Waals surface area (Å²) in [6.07, 6.45) is 1.12. The van der Waals surface area contributed by atoms with Gasteiger partial charge in [-0.1, -0.05) is 43.5 Å². The van der Waals surface area contributed by atoms with E-state index in [2.05, 4.69) is 16.8 Å². The van der Waals surface area contributed by atoms with Crippen LogP contribution < -0.4 is 9.86 Å². The number of nitrogens with zero attached hydrogens (tertiary/aromatic N) is 1. The van der Waals surface area contributed by atoms with Crippen molar-refractivity contribution in [2.75, 3.05) is 0 Å². The third-order valence-electron chi connectivity index (χ3n) is 3.25. The van der Waals surface area contributed by atoms with E-state index in [0.717, 1.165) is 18.3 Å². The van der Waals surface area contributed by atoms with Crippen LogP contribution in [0.2, 0.25) is 5.02 Å². The Kier molecular flexibility index (Phi) is 6.46. The van der Waals surface area contributed by atoms with Gasteiger partial charge in [0.1, 0.15) is 15.5 Å². The summed E-state index contributed by atoms with van der Waals surface area (Å²) >= 11 is 6.04. The fourth-order valence-corrected chi connectivity index (χ4v) is 4.58. The lowest BCUT2D eigenvalue weighted by atomic mass is 10.2. The Labute approximate surface area is 168 Å². The molecule has 148 valence electrons. The van der Waals surface area contributed by atoms with Crippen molar-refractivity contribution in [3.05, 3.63) is 52.8 Å². The number of primary sulfonamides is 1. The van der Waals surface area contributed by atoms with Gasteiger partial charge >= 0.3 is 0 Å². The van der Waals surface area contributed by atoms with Crippen molar-refractivity contribution in [3.8, 4) is 11.8 Å². The Morgan fingerprint density at radius 3 is 2.32 bits per heavy atom.